The van der Waals surface area contributed by atoms with Gasteiger partial charge in [0.15, 0.2) is 11.4 Å². The summed E-state index contributed by atoms with van der Waals surface area (Å²) in [5.74, 6) is 1.60. The van der Waals surface area contributed by atoms with E-state index < -0.39 is 11.8 Å². The molecule has 3 rings (SSSR count). The standard InChI is InChI=1S/C19H19BrN2O5/c1-19(12-4-6-13(20)7-5-12)17(26-18(23)27-19)11-21-22-15-9-8-14(24-2)10-16(15)25-3/h4-11,21-22H,1-3H3. The number of carbonyl (C=O) groups excluding carboxylic acids is 1. The third-order valence-electron chi connectivity index (χ3n) is 4.16. The average molecular weight is 435 g/mol. The van der Waals surface area contributed by atoms with Crippen LogP contribution in [-0.2, 0) is 15.1 Å². The van der Waals surface area contributed by atoms with Crippen molar-refractivity contribution in [2.75, 3.05) is 19.6 Å². The van der Waals surface area contributed by atoms with Crippen LogP contribution in [0.3, 0.4) is 0 Å². The van der Waals surface area contributed by atoms with Crippen molar-refractivity contribution >= 4 is 27.8 Å². The van der Waals surface area contributed by atoms with E-state index >= 15 is 0 Å². The Kier molecular flexibility index (Phi) is 5.46. The predicted molar refractivity (Wildman–Crippen MR) is 103 cm³/mol. The van der Waals surface area contributed by atoms with Gasteiger partial charge in [-0.2, -0.15) is 0 Å². The summed E-state index contributed by atoms with van der Waals surface area (Å²) in [6.45, 7) is 1.77. The zero-order chi connectivity index (χ0) is 19.4. The normalized spacial score (nSPS) is 20.0. The Balaban J connectivity index is 1.79. The van der Waals surface area contributed by atoms with Gasteiger partial charge in [-0.3, -0.25) is 5.43 Å². The van der Waals surface area contributed by atoms with Gasteiger partial charge in [0.2, 0.25) is 0 Å². The number of benzene rings is 2. The van der Waals surface area contributed by atoms with Crippen LogP contribution >= 0.6 is 15.9 Å². The number of methoxy groups -OCH3 is 2. The van der Waals surface area contributed by atoms with Gasteiger partial charge in [0.05, 0.1) is 26.1 Å². The van der Waals surface area contributed by atoms with E-state index in [-0.39, 0.29) is 0 Å². The van der Waals surface area contributed by atoms with Crippen molar-refractivity contribution in [3.05, 3.63) is 64.5 Å². The van der Waals surface area contributed by atoms with Crippen LogP contribution in [0.15, 0.2) is 58.9 Å². The molecule has 1 aliphatic rings. The van der Waals surface area contributed by atoms with E-state index in [2.05, 4.69) is 26.8 Å². The Labute approximate surface area is 165 Å². The van der Waals surface area contributed by atoms with Crippen LogP contribution in [0.1, 0.15) is 12.5 Å². The highest BCUT2D eigenvalue weighted by Crippen LogP contribution is 2.39. The van der Waals surface area contributed by atoms with Gasteiger partial charge in [-0.25, -0.2) is 4.79 Å². The first-order valence-electron chi connectivity index (χ1n) is 8.07. The summed E-state index contributed by atoms with van der Waals surface area (Å²) in [4.78, 5) is 11.7. The van der Waals surface area contributed by atoms with Gasteiger partial charge < -0.3 is 24.4 Å². The number of hydrogen-bond acceptors (Lipinski definition) is 7. The number of halogens is 1. The largest absolute Gasteiger partial charge is 0.515 e. The first kappa shape index (κ1) is 18.9. The first-order valence-corrected chi connectivity index (χ1v) is 8.86. The van der Waals surface area contributed by atoms with E-state index in [1.54, 1.807) is 39.3 Å². The van der Waals surface area contributed by atoms with Crippen molar-refractivity contribution in [3.63, 3.8) is 0 Å². The summed E-state index contributed by atoms with van der Waals surface area (Å²) in [7, 11) is 3.15. The summed E-state index contributed by atoms with van der Waals surface area (Å²) >= 11 is 3.39. The monoisotopic (exact) mass is 434 g/mol. The van der Waals surface area contributed by atoms with Gasteiger partial charge in [-0.1, -0.05) is 28.1 Å². The molecule has 1 heterocycles. The van der Waals surface area contributed by atoms with E-state index in [1.807, 2.05) is 24.3 Å². The average Bonchev–Trinajstić information content (AvgIpc) is 2.96. The molecule has 0 bridgehead atoms. The molecule has 0 aromatic heterocycles. The lowest BCUT2D eigenvalue weighted by Crippen LogP contribution is -2.25. The van der Waals surface area contributed by atoms with Crippen molar-refractivity contribution in [1.82, 2.24) is 5.43 Å². The second-order valence-electron chi connectivity index (χ2n) is 5.84. The smallest absolute Gasteiger partial charge is 0.497 e. The summed E-state index contributed by atoms with van der Waals surface area (Å²) in [5, 5.41) is 0. The molecule has 2 N–H and O–H groups in total. The number of carbonyl (C=O) groups is 1. The third kappa shape index (κ3) is 3.95. The molecule has 0 amide bonds. The highest BCUT2D eigenvalue weighted by Gasteiger charge is 2.45. The number of ether oxygens (including phenoxy) is 4. The fourth-order valence-electron chi connectivity index (χ4n) is 2.64. The number of cyclic esters (lactones) is 2. The maximum atomic E-state index is 11.7. The predicted octanol–water partition coefficient (Wildman–Crippen LogP) is 4.31. The highest BCUT2D eigenvalue weighted by molar-refractivity contribution is 9.10. The van der Waals surface area contributed by atoms with Gasteiger partial charge in [-0.05, 0) is 31.2 Å². The van der Waals surface area contributed by atoms with Crippen molar-refractivity contribution < 1.29 is 23.7 Å². The summed E-state index contributed by atoms with van der Waals surface area (Å²) in [6.07, 6.45) is 0.784. The highest BCUT2D eigenvalue weighted by atomic mass is 79.9. The molecular formula is C19H19BrN2O5. The van der Waals surface area contributed by atoms with Crippen LogP contribution in [0, 0.1) is 0 Å². The van der Waals surface area contributed by atoms with E-state index in [1.165, 1.54) is 6.20 Å². The lowest BCUT2D eigenvalue weighted by atomic mass is 9.94. The molecule has 0 aliphatic carbocycles. The second-order valence-corrected chi connectivity index (χ2v) is 6.75. The minimum absolute atomic E-state index is 0.329. The maximum Gasteiger partial charge on any atom is 0.515 e. The zero-order valence-corrected chi connectivity index (χ0v) is 16.6. The van der Waals surface area contributed by atoms with Crippen molar-refractivity contribution in [3.8, 4) is 11.5 Å². The van der Waals surface area contributed by atoms with Crippen LogP contribution in [0.2, 0.25) is 0 Å². The van der Waals surface area contributed by atoms with Crippen molar-refractivity contribution in [2.45, 2.75) is 12.5 Å². The number of rotatable bonds is 6. The zero-order valence-electron chi connectivity index (χ0n) is 15.0. The molecule has 1 unspecified atom stereocenters. The number of hydrogen-bond donors (Lipinski definition) is 2. The van der Waals surface area contributed by atoms with Crippen molar-refractivity contribution in [2.24, 2.45) is 0 Å². The Hall–Kier alpha value is -2.87. The fourth-order valence-corrected chi connectivity index (χ4v) is 2.91. The minimum Gasteiger partial charge on any atom is -0.497 e. The summed E-state index contributed by atoms with van der Waals surface area (Å²) in [6, 6.07) is 12.8. The molecule has 0 radical (unpaired) electrons. The second kappa shape index (κ2) is 7.79. The molecule has 1 atom stereocenters. The minimum atomic E-state index is -1.03. The molecule has 1 saturated heterocycles. The van der Waals surface area contributed by atoms with Gasteiger partial charge in [0.1, 0.15) is 11.5 Å². The van der Waals surface area contributed by atoms with Gasteiger partial charge in [0.25, 0.3) is 0 Å². The van der Waals surface area contributed by atoms with Crippen LogP contribution in [0.25, 0.3) is 0 Å². The Morgan fingerprint density at radius 1 is 1.11 bits per heavy atom. The van der Waals surface area contributed by atoms with Crippen LogP contribution in [0.5, 0.6) is 11.5 Å². The molecule has 1 aliphatic heterocycles. The molecule has 1 fully saturated rings. The Morgan fingerprint density at radius 2 is 1.85 bits per heavy atom. The SMILES string of the molecule is COc1ccc(NNC=C2OC(=O)OC2(C)c2ccc(Br)cc2)c(OC)c1. The molecule has 2 aromatic carbocycles. The molecular weight excluding hydrogens is 416 g/mol. The third-order valence-corrected chi connectivity index (χ3v) is 4.69. The van der Waals surface area contributed by atoms with Gasteiger partial charge >= 0.3 is 6.16 Å². The number of anilines is 1. The molecule has 0 spiro atoms. The number of nitrogens with one attached hydrogen (secondary N) is 2. The van der Waals surface area contributed by atoms with E-state index in [9.17, 15) is 4.79 Å². The lowest BCUT2D eigenvalue weighted by Gasteiger charge is -2.22. The Bertz CT molecular complexity index is 869. The lowest BCUT2D eigenvalue weighted by molar-refractivity contribution is 0.0755. The van der Waals surface area contributed by atoms with E-state index in [0.29, 0.717) is 22.9 Å². The van der Waals surface area contributed by atoms with E-state index in [0.717, 1.165) is 10.0 Å². The van der Waals surface area contributed by atoms with Crippen LogP contribution in [-0.4, -0.2) is 20.4 Å². The summed E-state index contributed by atoms with van der Waals surface area (Å²) in [5.41, 5.74) is 6.35. The molecule has 2 aromatic rings. The quantitative estimate of drug-likeness (QED) is 0.517. The molecule has 7 nitrogen and oxygen atoms in total. The topological polar surface area (TPSA) is 78.0 Å². The molecule has 27 heavy (non-hydrogen) atoms. The van der Waals surface area contributed by atoms with Crippen LogP contribution < -0.4 is 20.3 Å². The van der Waals surface area contributed by atoms with Crippen LogP contribution in [0.4, 0.5) is 10.5 Å². The van der Waals surface area contributed by atoms with E-state index in [4.69, 9.17) is 18.9 Å². The van der Waals surface area contributed by atoms with Crippen molar-refractivity contribution in [1.29, 1.82) is 0 Å². The summed E-state index contributed by atoms with van der Waals surface area (Å²) < 4.78 is 22.1. The first-order chi connectivity index (χ1) is 13.0. The van der Waals surface area contributed by atoms with Gasteiger partial charge in [-0.15, -0.1) is 0 Å². The fraction of sp³-hybridized carbons (Fsp3) is 0.211. The molecule has 8 heteroatoms. The Morgan fingerprint density at radius 3 is 2.52 bits per heavy atom. The van der Waals surface area contributed by atoms with Gasteiger partial charge in [0, 0.05) is 16.1 Å². The molecule has 142 valence electrons. The maximum absolute atomic E-state index is 11.7. The molecule has 0 saturated carbocycles. The number of hydrazine groups is 1.